The summed E-state index contributed by atoms with van der Waals surface area (Å²) in [6.45, 7) is 1.89. The fourth-order valence-electron chi connectivity index (χ4n) is 2.05. The number of nitrogens with zero attached hydrogens (tertiary/aromatic N) is 1. The lowest BCUT2D eigenvalue weighted by atomic mass is 10.2. The molecule has 1 heterocycles. The SMILES string of the molecule is NCC1CN(C(=O)CNC(=O)c2ccccc2)CCO1. The molecule has 6 heteroatoms. The van der Waals surface area contributed by atoms with Crippen LogP contribution in [-0.4, -0.2) is 55.6 Å². The highest BCUT2D eigenvalue weighted by molar-refractivity contribution is 5.96. The molecule has 20 heavy (non-hydrogen) atoms. The molecule has 1 aromatic carbocycles. The van der Waals surface area contributed by atoms with Gasteiger partial charge in [-0.3, -0.25) is 9.59 Å². The number of rotatable bonds is 4. The lowest BCUT2D eigenvalue weighted by Gasteiger charge is -2.32. The number of carbonyl (C=O) groups is 2. The van der Waals surface area contributed by atoms with E-state index in [1.54, 1.807) is 29.2 Å². The van der Waals surface area contributed by atoms with Crippen LogP contribution in [0.5, 0.6) is 0 Å². The fourth-order valence-corrected chi connectivity index (χ4v) is 2.05. The third-order valence-electron chi connectivity index (χ3n) is 3.19. The van der Waals surface area contributed by atoms with Crippen molar-refractivity contribution in [1.29, 1.82) is 0 Å². The molecule has 1 aliphatic rings. The van der Waals surface area contributed by atoms with Gasteiger partial charge in [-0.15, -0.1) is 0 Å². The summed E-state index contributed by atoms with van der Waals surface area (Å²) >= 11 is 0. The molecule has 1 atom stereocenters. The Labute approximate surface area is 117 Å². The second-order valence-corrected chi connectivity index (χ2v) is 4.62. The van der Waals surface area contributed by atoms with Gasteiger partial charge in [0, 0.05) is 25.2 Å². The van der Waals surface area contributed by atoms with E-state index in [0.29, 0.717) is 31.8 Å². The molecule has 6 nitrogen and oxygen atoms in total. The highest BCUT2D eigenvalue weighted by atomic mass is 16.5. The maximum Gasteiger partial charge on any atom is 0.251 e. The third kappa shape index (κ3) is 3.79. The van der Waals surface area contributed by atoms with E-state index in [0.717, 1.165) is 0 Å². The number of hydrogen-bond donors (Lipinski definition) is 2. The van der Waals surface area contributed by atoms with Gasteiger partial charge in [-0.2, -0.15) is 0 Å². The monoisotopic (exact) mass is 277 g/mol. The van der Waals surface area contributed by atoms with Gasteiger partial charge in [0.2, 0.25) is 5.91 Å². The Morgan fingerprint density at radius 3 is 2.80 bits per heavy atom. The van der Waals surface area contributed by atoms with Gasteiger partial charge in [0.25, 0.3) is 5.91 Å². The maximum atomic E-state index is 12.0. The predicted molar refractivity (Wildman–Crippen MR) is 74.1 cm³/mol. The molecule has 0 aliphatic carbocycles. The summed E-state index contributed by atoms with van der Waals surface area (Å²) in [4.78, 5) is 25.5. The van der Waals surface area contributed by atoms with E-state index < -0.39 is 0 Å². The van der Waals surface area contributed by atoms with Crippen LogP contribution in [0, 0.1) is 0 Å². The normalized spacial score (nSPS) is 18.6. The van der Waals surface area contributed by atoms with E-state index >= 15 is 0 Å². The number of benzene rings is 1. The summed E-state index contributed by atoms with van der Waals surface area (Å²) in [5.41, 5.74) is 6.07. The number of hydrogen-bond acceptors (Lipinski definition) is 4. The minimum atomic E-state index is -0.248. The summed E-state index contributed by atoms with van der Waals surface area (Å²) < 4.78 is 5.40. The standard InChI is InChI=1S/C14H19N3O3/c15-8-12-10-17(6-7-20-12)13(18)9-16-14(19)11-4-2-1-3-5-11/h1-5,12H,6-10,15H2,(H,16,19). The van der Waals surface area contributed by atoms with Crippen LogP contribution in [0.2, 0.25) is 0 Å². The average Bonchev–Trinajstić information content (AvgIpc) is 2.53. The molecule has 0 bridgehead atoms. The van der Waals surface area contributed by atoms with E-state index in [4.69, 9.17) is 10.5 Å². The Morgan fingerprint density at radius 1 is 1.35 bits per heavy atom. The van der Waals surface area contributed by atoms with Crippen molar-refractivity contribution in [3.63, 3.8) is 0 Å². The second kappa shape index (κ2) is 7.02. The van der Waals surface area contributed by atoms with Gasteiger partial charge in [0.15, 0.2) is 0 Å². The van der Waals surface area contributed by atoms with Crippen molar-refractivity contribution < 1.29 is 14.3 Å². The van der Waals surface area contributed by atoms with Gasteiger partial charge in [-0.25, -0.2) is 0 Å². The van der Waals surface area contributed by atoms with Gasteiger partial charge in [0.05, 0.1) is 19.3 Å². The molecule has 2 rings (SSSR count). The summed E-state index contributed by atoms with van der Waals surface area (Å²) in [5, 5.41) is 2.63. The van der Waals surface area contributed by atoms with E-state index in [-0.39, 0.29) is 24.5 Å². The Bertz CT molecular complexity index is 464. The number of amides is 2. The van der Waals surface area contributed by atoms with Gasteiger partial charge < -0.3 is 20.7 Å². The van der Waals surface area contributed by atoms with Crippen LogP contribution in [0.25, 0.3) is 0 Å². The zero-order valence-electron chi connectivity index (χ0n) is 11.2. The van der Waals surface area contributed by atoms with Crippen molar-refractivity contribution in [3.8, 4) is 0 Å². The first-order chi connectivity index (χ1) is 9.70. The Kier molecular flexibility index (Phi) is 5.09. The second-order valence-electron chi connectivity index (χ2n) is 4.62. The molecule has 0 radical (unpaired) electrons. The minimum absolute atomic E-state index is 0.00891. The zero-order valence-corrected chi connectivity index (χ0v) is 11.2. The average molecular weight is 277 g/mol. The van der Waals surface area contributed by atoms with Crippen molar-refractivity contribution in [1.82, 2.24) is 10.2 Å². The summed E-state index contributed by atoms with van der Waals surface area (Å²) in [6, 6.07) is 8.82. The number of nitrogens with one attached hydrogen (secondary N) is 1. The minimum Gasteiger partial charge on any atom is -0.373 e. The van der Waals surface area contributed by atoms with Gasteiger partial charge >= 0.3 is 0 Å². The van der Waals surface area contributed by atoms with E-state index in [1.165, 1.54) is 0 Å². The fraction of sp³-hybridized carbons (Fsp3) is 0.429. The number of nitrogens with two attached hydrogens (primary N) is 1. The van der Waals surface area contributed by atoms with Gasteiger partial charge in [0.1, 0.15) is 0 Å². The summed E-state index contributed by atoms with van der Waals surface area (Å²) in [6.07, 6.45) is -0.113. The third-order valence-corrected chi connectivity index (χ3v) is 3.19. The van der Waals surface area contributed by atoms with E-state index in [9.17, 15) is 9.59 Å². The molecule has 1 fully saturated rings. The molecular formula is C14H19N3O3. The Balaban J connectivity index is 1.81. The molecule has 108 valence electrons. The molecule has 1 saturated heterocycles. The molecule has 1 aromatic rings. The Morgan fingerprint density at radius 2 is 2.10 bits per heavy atom. The molecule has 0 aromatic heterocycles. The van der Waals surface area contributed by atoms with Gasteiger partial charge in [-0.1, -0.05) is 18.2 Å². The van der Waals surface area contributed by atoms with Crippen LogP contribution in [0.3, 0.4) is 0 Å². The molecular weight excluding hydrogens is 258 g/mol. The first kappa shape index (κ1) is 14.5. The lowest BCUT2D eigenvalue weighted by molar-refractivity contribution is -0.137. The number of carbonyl (C=O) groups excluding carboxylic acids is 2. The summed E-state index contributed by atoms with van der Waals surface area (Å²) in [7, 11) is 0. The summed E-state index contributed by atoms with van der Waals surface area (Å²) in [5.74, 6) is -0.362. The van der Waals surface area contributed by atoms with Crippen LogP contribution < -0.4 is 11.1 Å². The van der Waals surface area contributed by atoms with Crippen molar-refractivity contribution in [2.75, 3.05) is 32.8 Å². The van der Waals surface area contributed by atoms with Crippen LogP contribution in [0.15, 0.2) is 30.3 Å². The number of ether oxygens (including phenoxy) is 1. The van der Waals surface area contributed by atoms with Crippen molar-refractivity contribution in [2.45, 2.75) is 6.10 Å². The quantitative estimate of drug-likeness (QED) is 0.784. The largest absolute Gasteiger partial charge is 0.373 e. The topological polar surface area (TPSA) is 84.7 Å². The number of morpholine rings is 1. The molecule has 0 saturated carbocycles. The van der Waals surface area contributed by atoms with Crippen molar-refractivity contribution in [3.05, 3.63) is 35.9 Å². The first-order valence-electron chi connectivity index (χ1n) is 6.63. The van der Waals surface area contributed by atoms with E-state index in [1.807, 2.05) is 6.07 Å². The highest BCUT2D eigenvalue weighted by Gasteiger charge is 2.23. The zero-order chi connectivity index (χ0) is 14.4. The highest BCUT2D eigenvalue weighted by Crippen LogP contribution is 2.04. The first-order valence-corrected chi connectivity index (χ1v) is 6.63. The lowest BCUT2D eigenvalue weighted by Crippen LogP contribution is -2.50. The molecule has 0 spiro atoms. The molecule has 1 aliphatic heterocycles. The molecule has 2 amide bonds. The van der Waals surface area contributed by atoms with Gasteiger partial charge in [-0.05, 0) is 12.1 Å². The molecule has 3 N–H and O–H groups in total. The predicted octanol–water partition coefficient (Wildman–Crippen LogP) is -0.397. The smallest absolute Gasteiger partial charge is 0.251 e. The van der Waals surface area contributed by atoms with Crippen LogP contribution >= 0.6 is 0 Å². The van der Waals surface area contributed by atoms with Crippen LogP contribution in [0.4, 0.5) is 0 Å². The maximum absolute atomic E-state index is 12.0. The van der Waals surface area contributed by atoms with Crippen LogP contribution in [-0.2, 0) is 9.53 Å². The van der Waals surface area contributed by atoms with E-state index in [2.05, 4.69) is 5.32 Å². The van der Waals surface area contributed by atoms with Crippen molar-refractivity contribution in [2.24, 2.45) is 5.73 Å². The van der Waals surface area contributed by atoms with Crippen LogP contribution in [0.1, 0.15) is 10.4 Å². The Hall–Kier alpha value is -1.92. The van der Waals surface area contributed by atoms with Crippen molar-refractivity contribution >= 4 is 11.8 Å². The molecule has 1 unspecified atom stereocenters.